The zero-order valence-electron chi connectivity index (χ0n) is 7.82. The molecule has 0 aliphatic rings. The van der Waals surface area contributed by atoms with E-state index in [1.165, 1.54) is 5.56 Å². The van der Waals surface area contributed by atoms with Crippen LogP contribution in [-0.2, 0) is 5.41 Å². The quantitative estimate of drug-likeness (QED) is 0.571. The van der Waals surface area contributed by atoms with E-state index in [1.54, 1.807) is 0 Å². The predicted molar refractivity (Wildman–Crippen MR) is 54.6 cm³/mol. The smallest absolute Gasteiger partial charge is 0.0411 e. The fourth-order valence-corrected chi connectivity index (χ4v) is 1.34. The zero-order chi connectivity index (χ0) is 9.35. The minimum atomic E-state index is 0.150. The van der Waals surface area contributed by atoms with Crippen LogP contribution in [0.25, 0.3) is 0 Å². The summed E-state index contributed by atoms with van der Waals surface area (Å²) in [5.41, 5.74) is 2.37. The molecule has 0 aliphatic carbocycles. The van der Waals surface area contributed by atoms with Crippen molar-refractivity contribution in [2.45, 2.75) is 26.2 Å². The highest BCUT2D eigenvalue weighted by Crippen LogP contribution is 2.25. The first-order valence-corrected chi connectivity index (χ1v) is 4.40. The van der Waals surface area contributed by atoms with E-state index in [2.05, 4.69) is 33.8 Å². The Morgan fingerprint density at radius 3 is 2.17 bits per heavy atom. The molecule has 0 saturated carbocycles. The van der Waals surface area contributed by atoms with E-state index in [9.17, 15) is 0 Å². The molecule has 0 fully saturated rings. The Morgan fingerprint density at radius 1 is 1.17 bits per heavy atom. The van der Waals surface area contributed by atoms with E-state index in [4.69, 9.17) is 11.6 Å². The summed E-state index contributed by atoms with van der Waals surface area (Å²) in [5.74, 6) is 0. The lowest BCUT2D eigenvalue weighted by Crippen LogP contribution is -2.10. The molecule has 65 valence electrons. The second-order valence-electron chi connectivity index (χ2n) is 4.10. The molecule has 0 unspecified atom stereocenters. The van der Waals surface area contributed by atoms with Gasteiger partial charge in [-0.1, -0.05) is 38.4 Å². The van der Waals surface area contributed by atoms with Crippen LogP contribution in [0.3, 0.4) is 0 Å². The van der Waals surface area contributed by atoms with Gasteiger partial charge >= 0.3 is 0 Å². The molecule has 0 N–H and O–H groups in total. The Balaban J connectivity index is 3.18. The monoisotopic (exact) mass is 181 g/mol. The van der Waals surface area contributed by atoms with E-state index in [0.29, 0.717) is 0 Å². The van der Waals surface area contributed by atoms with Crippen molar-refractivity contribution in [3.05, 3.63) is 41.3 Å². The van der Waals surface area contributed by atoms with Crippen LogP contribution in [0, 0.1) is 6.92 Å². The van der Waals surface area contributed by atoms with E-state index >= 15 is 0 Å². The number of halogens is 1. The van der Waals surface area contributed by atoms with Gasteiger partial charge in [-0.2, -0.15) is 0 Å². The summed E-state index contributed by atoms with van der Waals surface area (Å²) in [6, 6.07) is 5.94. The molecule has 0 amide bonds. The summed E-state index contributed by atoms with van der Waals surface area (Å²) in [4.78, 5) is 0. The molecule has 0 nitrogen and oxygen atoms in total. The topological polar surface area (TPSA) is 0 Å². The Morgan fingerprint density at radius 2 is 1.75 bits per heavy atom. The SMILES string of the molecule is [CH2]c1cc(Cl)cc(C(C)(C)C)c1. The van der Waals surface area contributed by atoms with Crippen molar-refractivity contribution in [1.82, 2.24) is 0 Å². The van der Waals surface area contributed by atoms with Gasteiger partial charge < -0.3 is 0 Å². The van der Waals surface area contributed by atoms with Crippen LogP contribution in [-0.4, -0.2) is 0 Å². The molecule has 1 heteroatoms. The Hall–Kier alpha value is -0.490. The third-order valence-electron chi connectivity index (χ3n) is 1.82. The molecule has 1 aromatic carbocycles. The number of benzene rings is 1. The highest BCUT2D eigenvalue weighted by atomic mass is 35.5. The largest absolute Gasteiger partial charge is 0.0843 e. The maximum atomic E-state index is 5.92. The number of hydrogen-bond donors (Lipinski definition) is 0. The van der Waals surface area contributed by atoms with Crippen molar-refractivity contribution < 1.29 is 0 Å². The number of rotatable bonds is 0. The highest BCUT2D eigenvalue weighted by Gasteiger charge is 2.13. The number of hydrogen-bond acceptors (Lipinski definition) is 0. The summed E-state index contributed by atoms with van der Waals surface area (Å²) >= 11 is 5.92. The van der Waals surface area contributed by atoms with Gasteiger partial charge in [-0.25, -0.2) is 0 Å². The van der Waals surface area contributed by atoms with E-state index in [1.807, 2.05) is 12.1 Å². The molecule has 1 radical (unpaired) electrons. The maximum Gasteiger partial charge on any atom is 0.0411 e. The second kappa shape index (κ2) is 3.10. The van der Waals surface area contributed by atoms with Crippen molar-refractivity contribution >= 4 is 11.6 Å². The molecule has 1 rings (SSSR count). The van der Waals surface area contributed by atoms with Crippen LogP contribution in [0.15, 0.2) is 18.2 Å². The Labute approximate surface area is 79.6 Å². The molecule has 1 aromatic rings. The molecule has 0 aliphatic heterocycles. The van der Waals surface area contributed by atoms with Crippen molar-refractivity contribution in [1.29, 1.82) is 0 Å². The maximum absolute atomic E-state index is 5.92. The van der Waals surface area contributed by atoms with Gasteiger partial charge in [0.05, 0.1) is 0 Å². The van der Waals surface area contributed by atoms with Crippen molar-refractivity contribution in [3.63, 3.8) is 0 Å². The van der Waals surface area contributed by atoms with Crippen LogP contribution in [0.2, 0.25) is 5.02 Å². The standard InChI is InChI=1S/C11H14Cl/c1-8-5-9(11(2,3)4)7-10(12)6-8/h5-7H,1H2,2-4H3. The molecular weight excluding hydrogens is 168 g/mol. The normalized spacial score (nSPS) is 11.8. The molecule has 0 bridgehead atoms. The lowest BCUT2D eigenvalue weighted by atomic mass is 9.86. The van der Waals surface area contributed by atoms with Gasteiger partial charge in [0.15, 0.2) is 0 Å². The summed E-state index contributed by atoms with van der Waals surface area (Å²) in [5, 5.41) is 0.771. The molecule has 12 heavy (non-hydrogen) atoms. The van der Waals surface area contributed by atoms with Crippen molar-refractivity contribution in [2.75, 3.05) is 0 Å². The van der Waals surface area contributed by atoms with Crippen LogP contribution in [0.4, 0.5) is 0 Å². The second-order valence-corrected chi connectivity index (χ2v) is 4.53. The fourth-order valence-electron chi connectivity index (χ4n) is 1.08. The van der Waals surface area contributed by atoms with Crippen LogP contribution >= 0.6 is 11.6 Å². The van der Waals surface area contributed by atoms with Crippen molar-refractivity contribution in [2.24, 2.45) is 0 Å². The summed E-state index contributed by atoms with van der Waals surface area (Å²) < 4.78 is 0. The molecule has 0 heterocycles. The van der Waals surface area contributed by atoms with Crippen molar-refractivity contribution in [3.8, 4) is 0 Å². The highest BCUT2D eigenvalue weighted by molar-refractivity contribution is 6.30. The summed E-state index contributed by atoms with van der Waals surface area (Å²) in [6.07, 6.45) is 0. The molecule has 0 atom stereocenters. The van der Waals surface area contributed by atoms with Gasteiger partial charge in [-0.3, -0.25) is 0 Å². The average molecular weight is 182 g/mol. The first-order chi connectivity index (χ1) is 5.39. The van der Waals surface area contributed by atoms with Gasteiger partial charge in [0.2, 0.25) is 0 Å². The minimum Gasteiger partial charge on any atom is -0.0843 e. The van der Waals surface area contributed by atoms with E-state index in [0.717, 1.165) is 10.6 Å². The third kappa shape index (κ3) is 2.25. The van der Waals surface area contributed by atoms with Crippen LogP contribution in [0.1, 0.15) is 31.9 Å². The Bertz CT molecular complexity index is 261. The van der Waals surface area contributed by atoms with Gasteiger partial charge in [0, 0.05) is 5.02 Å². The first-order valence-electron chi connectivity index (χ1n) is 4.02. The van der Waals surface area contributed by atoms with E-state index in [-0.39, 0.29) is 5.41 Å². The van der Waals surface area contributed by atoms with Gasteiger partial charge in [0.25, 0.3) is 0 Å². The first kappa shape index (κ1) is 9.60. The van der Waals surface area contributed by atoms with Gasteiger partial charge in [-0.05, 0) is 35.6 Å². The molecule has 0 saturated heterocycles. The van der Waals surface area contributed by atoms with E-state index < -0.39 is 0 Å². The van der Waals surface area contributed by atoms with Crippen LogP contribution in [0.5, 0.6) is 0 Å². The molecule has 0 spiro atoms. The minimum absolute atomic E-state index is 0.150. The van der Waals surface area contributed by atoms with Gasteiger partial charge in [0.1, 0.15) is 0 Å². The summed E-state index contributed by atoms with van der Waals surface area (Å²) in [7, 11) is 0. The third-order valence-corrected chi connectivity index (χ3v) is 2.04. The van der Waals surface area contributed by atoms with Gasteiger partial charge in [-0.15, -0.1) is 0 Å². The molecular formula is C11H14Cl. The molecule has 0 aromatic heterocycles. The fraction of sp³-hybridized carbons (Fsp3) is 0.364. The lowest BCUT2D eigenvalue weighted by molar-refractivity contribution is 0.590. The predicted octanol–water partition coefficient (Wildman–Crippen LogP) is 3.82. The Kier molecular flexibility index (Phi) is 2.48. The average Bonchev–Trinajstić information content (AvgIpc) is 1.82. The summed E-state index contributed by atoms with van der Waals surface area (Å²) in [6.45, 7) is 10.4. The zero-order valence-corrected chi connectivity index (χ0v) is 8.57. The van der Waals surface area contributed by atoms with Crippen LogP contribution < -0.4 is 0 Å². The lowest BCUT2D eigenvalue weighted by Gasteiger charge is -2.19.